The smallest absolute Gasteiger partial charge is 0.326 e. The van der Waals surface area contributed by atoms with Crippen LogP contribution in [0.1, 0.15) is 52.7 Å². The summed E-state index contributed by atoms with van der Waals surface area (Å²) in [6.07, 6.45) is 4.90. The van der Waals surface area contributed by atoms with Crippen LogP contribution in [0.15, 0.2) is 12.5 Å². The molecule has 3 amide bonds. The highest BCUT2D eigenvalue weighted by atomic mass is 16.4. The summed E-state index contributed by atoms with van der Waals surface area (Å²) in [5.74, 6) is -2.93. The van der Waals surface area contributed by atoms with Crippen molar-refractivity contribution in [2.45, 2.75) is 77.5 Å². The van der Waals surface area contributed by atoms with Crippen molar-refractivity contribution in [2.24, 2.45) is 17.6 Å². The van der Waals surface area contributed by atoms with E-state index in [1.54, 1.807) is 20.0 Å². The minimum Gasteiger partial charge on any atom is -0.480 e. The first-order valence-electron chi connectivity index (χ1n) is 11.4. The van der Waals surface area contributed by atoms with Crippen molar-refractivity contribution in [3.63, 3.8) is 0 Å². The number of aromatic nitrogens is 2. The lowest BCUT2D eigenvalue weighted by molar-refractivity contribution is -0.150. The fraction of sp³-hybridized carbons (Fsp3) is 0.682. The van der Waals surface area contributed by atoms with E-state index in [1.807, 2.05) is 13.8 Å². The zero-order chi connectivity index (χ0) is 24.7. The van der Waals surface area contributed by atoms with Crippen LogP contribution in [0.25, 0.3) is 0 Å². The van der Waals surface area contributed by atoms with Crippen molar-refractivity contribution < 1.29 is 24.3 Å². The number of hydrogen-bond acceptors (Lipinski definition) is 6. The highest BCUT2D eigenvalue weighted by Crippen LogP contribution is 2.21. The number of aromatic amines is 1. The van der Waals surface area contributed by atoms with E-state index in [-0.39, 0.29) is 18.3 Å². The molecule has 0 aromatic carbocycles. The first-order valence-corrected chi connectivity index (χ1v) is 11.4. The van der Waals surface area contributed by atoms with E-state index in [0.29, 0.717) is 31.5 Å². The number of nitrogens with one attached hydrogen (secondary N) is 3. The number of imidazole rings is 1. The van der Waals surface area contributed by atoms with Gasteiger partial charge in [-0.25, -0.2) is 9.78 Å². The number of carbonyl (C=O) groups is 4. The van der Waals surface area contributed by atoms with Gasteiger partial charge in [0.2, 0.25) is 17.7 Å². The monoisotopic (exact) mass is 464 g/mol. The normalized spacial score (nSPS) is 19.6. The molecule has 1 fully saturated rings. The predicted octanol–water partition coefficient (Wildman–Crippen LogP) is 0.0268. The molecule has 5 atom stereocenters. The third-order valence-corrected chi connectivity index (χ3v) is 6.18. The van der Waals surface area contributed by atoms with Gasteiger partial charge in [0.25, 0.3) is 0 Å². The summed E-state index contributed by atoms with van der Waals surface area (Å²) >= 11 is 0. The van der Waals surface area contributed by atoms with E-state index in [9.17, 15) is 24.3 Å². The van der Waals surface area contributed by atoms with Crippen molar-refractivity contribution in [1.29, 1.82) is 0 Å². The van der Waals surface area contributed by atoms with Gasteiger partial charge >= 0.3 is 5.97 Å². The largest absolute Gasteiger partial charge is 0.480 e. The molecular formula is C22H36N6O5. The Morgan fingerprint density at radius 1 is 1.21 bits per heavy atom. The number of H-pyrrole nitrogens is 1. The third kappa shape index (κ3) is 6.77. The zero-order valence-corrected chi connectivity index (χ0v) is 19.7. The molecule has 6 N–H and O–H groups in total. The maximum Gasteiger partial charge on any atom is 0.326 e. The van der Waals surface area contributed by atoms with E-state index in [2.05, 4.69) is 20.6 Å². The number of hydrogen-bond donors (Lipinski definition) is 5. The van der Waals surface area contributed by atoms with E-state index < -0.39 is 47.9 Å². The van der Waals surface area contributed by atoms with Crippen molar-refractivity contribution in [2.75, 3.05) is 6.54 Å². The van der Waals surface area contributed by atoms with Crippen LogP contribution in [0, 0.1) is 11.8 Å². The van der Waals surface area contributed by atoms with E-state index >= 15 is 0 Å². The standard InChI is InChI=1S/C22H36N6O5/c1-5-13(4)18(21(31)28-8-6-7-16(28)22(32)33)27-20(30)17(12(2)3)26-19(29)15(23)9-14-10-24-11-25-14/h10-13,15-18H,5-9,23H2,1-4H3,(H,24,25)(H,26,29)(H,27,30)(H,32,33). The van der Waals surface area contributed by atoms with Gasteiger partial charge in [0, 0.05) is 24.9 Å². The molecule has 2 heterocycles. The maximum atomic E-state index is 13.2. The lowest BCUT2D eigenvalue weighted by Gasteiger charge is -2.32. The van der Waals surface area contributed by atoms with Crippen molar-refractivity contribution in [3.8, 4) is 0 Å². The highest BCUT2D eigenvalue weighted by Gasteiger charge is 2.40. The molecule has 1 aromatic rings. The molecule has 1 aliphatic rings. The second-order valence-electron chi connectivity index (χ2n) is 9.02. The molecule has 0 saturated carbocycles. The van der Waals surface area contributed by atoms with Crippen LogP contribution in [0.4, 0.5) is 0 Å². The van der Waals surface area contributed by atoms with Crippen LogP contribution in [0.5, 0.6) is 0 Å². The summed E-state index contributed by atoms with van der Waals surface area (Å²) in [4.78, 5) is 58.7. The topological polar surface area (TPSA) is 171 Å². The van der Waals surface area contributed by atoms with Crippen LogP contribution < -0.4 is 16.4 Å². The number of carboxylic acid groups (broad SMARTS) is 1. The van der Waals surface area contributed by atoms with Gasteiger partial charge in [0.15, 0.2) is 0 Å². The number of carbonyl (C=O) groups excluding carboxylic acids is 3. The highest BCUT2D eigenvalue weighted by molar-refractivity contribution is 5.94. The predicted molar refractivity (Wildman–Crippen MR) is 121 cm³/mol. The molecule has 33 heavy (non-hydrogen) atoms. The number of aliphatic carboxylic acids is 1. The Labute approximate surface area is 193 Å². The summed E-state index contributed by atoms with van der Waals surface area (Å²) in [5, 5.41) is 14.9. The summed E-state index contributed by atoms with van der Waals surface area (Å²) in [5.41, 5.74) is 6.69. The van der Waals surface area contributed by atoms with Crippen molar-refractivity contribution in [3.05, 3.63) is 18.2 Å². The van der Waals surface area contributed by atoms with E-state index in [1.165, 1.54) is 11.2 Å². The zero-order valence-electron chi connectivity index (χ0n) is 19.7. The van der Waals surface area contributed by atoms with Gasteiger partial charge in [0.1, 0.15) is 18.1 Å². The van der Waals surface area contributed by atoms with Gasteiger partial charge in [-0.2, -0.15) is 0 Å². The fourth-order valence-corrected chi connectivity index (χ4v) is 3.91. The number of carboxylic acids is 1. The molecular weight excluding hydrogens is 428 g/mol. The minimum absolute atomic E-state index is 0.220. The molecule has 0 spiro atoms. The Hall–Kier alpha value is -2.95. The lowest BCUT2D eigenvalue weighted by Crippen LogP contribution is -2.60. The summed E-state index contributed by atoms with van der Waals surface area (Å²) in [6.45, 7) is 7.63. The Bertz CT molecular complexity index is 827. The second-order valence-corrected chi connectivity index (χ2v) is 9.02. The minimum atomic E-state index is -1.05. The Morgan fingerprint density at radius 2 is 1.88 bits per heavy atom. The van der Waals surface area contributed by atoms with E-state index in [4.69, 9.17) is 5.73 Å². The molecule has 0 radical (unpaired) electrons. The maximum absolute atomic E-state index is 13.2. The first-order chi connectivity index (χ1) is 15.6. The molecule has 11 nitrogen and oxygen atoms in total. The number of rotatable bonds is 11. The number of nitrogens with zero attached hydrogens (tertiary/aromatic N) is 2. The van der Waals surface area contributed by atoms with Crippen LogP contribution in [0.3, 0.4) is 0 Å². The molecule has 184 valence electrons. The number of nitrogens with two attached hydrogens (primary N) is 1. The van der Waals surface area contributed by atoms with Crippen molar-refractivity contribution >= 4 is 23.7 Å². The summed E-state index contributed by atoms with van der Waals surface area (Å²) in [7, 11) is 0. The summed E-state index contributed by atoms with van der Waals surface area (Å²) in [6, 6.07) is -3.56. The SMILES string of the molecule is CCC(C)C(NC(=O)C(NC(=O)C(N)Cc1cnc[nH]1)C(C)C)C(=O)N1CCCC1C(=O)O. The Balaban J connectivity index is 2.11. The molecule has 1 saturated heterocycles. The first kappa shape index (κ1) is 26.3. The second kappa shape index (κ2) is 11.8. The number of amides is 3. The van der Waals surface area contributed by atoms with Gasteiger partial charge in [-0.1, -0.05) is 34.1 Å². The third-order valence-electron chi connectivity index (χ3n) is 6.18. The molecule has 0 aliphatic carbocycles. The van der Waals surface area contributed by atoms with Gasteiger partial charge in [-0.3, -0.25) is 14.4 Å². The lowest BCUT2D eigenvalue weighted by atomic mass is 9.95. The molecule has 2 rings (SSSR count). The molecule has 1 aromatic heterocycles. The quantitative estimate of drug-likeness (QED) is 0.307. The molecule has 0 bridgehead atoms. The van der Waals surface area contributed by atoms with E-state index in [0.717, 1.165) is 0 Å². The van der Waals surface area contributed by atoms with Crippen LogP contribution in [0.2, 0.25) is 0 Å². The van der Waals surface area contributed by atoms with Crippen LogP contribution in [-0.4, -0.2) is 74.4 Å². The Morgan fingerprint density at radius 3 is 2.42 bits per heavy atom. The van der Waals surface area contributed by atoms with Gasteiger partial charge in [-0.15, -0.1) is 0 Å². The van der Waals surface area contributed by atoms with Crippen LogP contribution >= 0.6 is 0 Å². The van der Waals surface area contributed by atoms with Gasteiger partial charge < -0.3 is 31.4 Å². The molecule has 1 aliphatic heterocycles. The van der Waals surface area contributed by atoms with Crippen LogP contribution in [-0.2, 0) is 25.6 Å². The Kier molecular flexibility index (Phi) is 9.39. The molecule has 11 heteroatoms. The van der Waals surface area contributed by atoms with Gasteiger partial charge in [0.05, 0.1) is 12.4 Å². The van der Waals surface area contributed by atoms with Crippen molar-refractivity contribution in [1.82, 2.24) is 25.5 Å². The van der Waals surface area contributed by atoms with Gasteiger partial charge in [-0.05, 0) is 24.7 Å². The average molecular weight is 465 g/mol. The summed E-state index contributed by atoms with van der Waals surface area (Å²) < 4.78 is 0. The fourth-order valence-electron chi connectivity index (χ4n) is 3.91. The number of likely N-dealkylation sites (tertiary alicyclic amines) is 1. The molecule has 5 unspecified atom stereocenters. The average Bonchev–Trinajstić information content (AvgIpc) is 3.46.